The standard InChI is InChI=1S/C27H28Cl2N4O2/c28-23-10-9-18(16-24(23)29)22-15-19-17-30-26(31-25(19)21-8-3-2-7-20(21)22)33(27(34)35)14-6-13-32-11-4-1-5-12-32/h2-3,7-10,16-17,22H,1,4-6,11-15H2,(H,34,35). The average molecular weight is 511 g/mol. The lowest BCUT2D eigenvalue weighted by Crippen LogP contribution is -2.36. The molecule has 5 rings (SSSR count). The maximum atomic E-state index is 12.1. The molecule has 1 unspecified atom stereocenters. The molecule has 3 aromatic rings. The van der Waals surface area contributed by atoms with Gasteiger partial charge in [0.25, 0.3) is 0 Å². The number of benzene rings is 2. The van der Waals surface area contributed by atoms with Crippen LogP contribution in [0.4, 0.5) is 10.7 Å². The number of piperidine rings is 1. The molecule has 0 bridgehead atoms. The Morgan fingerprint density at radius 2 is 1.89 bits per heavy atom. The molecule has 0 saturated carbocycles. The third-order valence-electron chi connectivity index (χ3n) is 6.99. The van der Waals surface area contributed by atoms with Crippen molar-refractivity contribution in [3.8, 4) is 11.3 Å². The topological polar surface area (TPSA) is 69.6 Å². The van der Waals surface area contributed by atoms with Gasteiger partial charge in [-0.2, -0.15) is 0 Å². The summed E-state index contributed by atoms with van der Waals surface area (Å²) in [6.45, 7) is 3.46. The molecule has 2 heterocycles. The molecule has 1 saturated heterocycles. The van der Waals surface area contributed by atoms with Crippen LogP contribution in [0.15, 0.2) is 48.7 Å². The smallest absolute Gasteiger partial charge is 0.414 e. The van der Waals surface area contributed by atoms with Gasteiger partial charge in [0, 0.05) is 24.2 Å². The molecule has 8 heteroatoms. The zero-order chi connectivity index (χ0) is 24.4. The highest BCUT2D eigenvalue weighted by Crippen LogP contribution is 2.43. The summed E-state index contributed by atoms with van der Waals surface area (Å²) in [5.74, 6) is 0.320. The first-order valence-electron chi connectivity index (χ1n) is 12.1. The lowest BCUT2D eigenvalue weighted by atomic mass is 9.78. The third kappa shape index (κ3) is 5.15. The molecule has 1 atom stereocenters. The number of hydrogen-bond donors (Lipinski definition) is 1. The second-order valence-corrected chi connectivity index (χ2v) is 10.1. The van der Waals surface area contributed by atoms with Crippen molar-refractivity contribution in [1.29, 1.82) is 0 Å². The van der Waals surface area contributed by atoms with Gasteiger partial charge in [-0.3, -0.25) is 0 Å². The van der Waals surface area contributed by atoms with Gasteiger partial charge in [0.15, 0.2) is 0 Å². The number of aromatic nitrogens is 2. The first-order chi connectivity index (χ1) is 17.0. The molecule has 35 heavy (non-hydrogen) atoms. The summed E-state index contributed by atoms with van der Waals surface area (Å²) < 4.78 is 0. The van der Waals surface area contributed by atoms with E-state index in [4.69, 9.17) is 28.2 Å². The molecule has 1 fully saturated rings. The SMILES string of the molecule is O=C(O)N(CCCN1CCCCC1)c1ncc2c(n1)-c1ccccc1C(c1ccc(Cl)c(Cl)c1)C2. The maximum Gasteiger partial charge on any atom is 0.414 e. The molecular formula is C27H28Cl2N4O2. The summed E-state index contributed by atoms with van der Waals surface area (Å²) in [7, 11) is 0. The van der Waals surface area contributed by atoms with E-state index in [1.165, 1.54) is 24.2 Å². The predicted molar refractivity (Wildman–Crippen MR) is 140 cm³/mol. The number of hydrogen-bond acceptors (Lipinski definition) is 4. The van der Waals surface area contributed by atoms with Gasteiger partial charge < -0.3 is 10.0 Å². The van der Waals surface area contributed by atoms with Crippen LogP contribution in [-0.4, -0.2) is 52.2 Å². The number of halogens is 2. The van der Waals surface area contributed by atoms with Crippen LogP contribution in [0.25, 0.3) is 11.3 Å². The van der Waals surface area contributed by atoms with Crippen LogP contribution in [0.5, 0.6) is 0 Å². The van der Waals surface area contributed by atoms with Crippen LogP contribution >= 0.6 is 23.2 Å². The molecule has 0 spiro atoms. The van der Waals surface area contributed by atoms with Crippen molar-refractivity contribution < 1.29 is 9.90 Å². The van der Waals surface area contributed by atoms with Crippen LogP contribution in [0.1, 0.15) is 48.3 Å². The normalized spacial score (nSPS) is 17.5. The number of carboxylic acid groups (broad SMARTS) is 1. The molecule has 182 valence electrons. The lowest BCUT2D eigenvalue weighted by molar-refractivity contribution is 0.199. The molecule has 1 aliphatic carbocycles. The number of likely N-dealkylation sites (tertiary alicyclic amines) is 1. The van der Waals surface area contributed by atoms with Gasteiger partial charge >= 0.3 is 6.09 Å². The first-order valence-corrected chi connectivity index (χ1v) is 12.9. The first kappa shape index (κ1) is 24.0. The second kappa shape index (κ2) is 10.5. The van der Waals surface area contributed by atoms with E-state index < -0.39 is 6.09 Å². The fraction of sp³-hybridized carbons (Fsp3) is 0.370. The van der Waals surface area contributed by atoms with Crippen LogP contribution in [0.3, 0.4) is 0 Å². The molecular weight excluding hydrogens is 483 g/mol. The zero-order valence-corrected chi connectivity index (χ0v) is 21.0. The van der Waals surface area contributed by atoms with Crippen molar-refractivity contribution in [3.63, 3.8) is 0 Å². The molecule has 0 radical (unpaired) electrons. The Labute approximate surface area is 215 Å². The van der Waals surface area contributed by atoms with Gasteiger partial charge in [-0.1, -0.05) is 60.0 Å². The number of amides is 1. The lowest BCUT2D eigenvalue weighted by Gasteiger charge is -2.29. The Bertz CT molecular complexity index is 1230. The fourth-order valence-electron chi connectivity index (χ4n) is 5.20. The van der Waals surface area contributed by atoms with E-state index in [1.807, 2.05) is 36.4 Å². The number of fused-ring (bicyclic) bond motifs is 3. The van der Waals surface area contributed by atoms with Gasteiger partial charge in [-0.25, -0.2) is 19.7 Å². The summed E-state index contributed by atoms with van der Waals surface area (Å²) >= 11 is 12.5. The highest BCUT2D eigenvalue weighted by Gasteiger charge is 2.29. The number of nitrogens with zero attached hydrogens (tertiary/aromatic N) is 4. The van der Waals surface area contributed by atoms with Crippen LogP contribution in [0.2, 0.25) is 10.0 Å². The number of anilines is 1. The van der Waals surface area contributed by atoms with Gasteiger partial charge in [-0.15, -0.1) is 0 Å². The Kier molecular flexibility index (Phi) is 7.23. The fourth-order valence-corrected chi connectivity index (χ4v) is 5.51. The minimum Gasteiger partial charge on any atom is -0.465 e. The van der Waals surface area contributed by atoms with Crippen molar-refractivity contribution >= 4 is 35.2 Å². The highest BCUT2D eigenvalue weighted by atomic mass is 35.5. The molecule has 2 aliphatic rings. The van der Waals surface area contributed by atoms with Crippen molar-refractivity contribution in [3.05, 3.63) is 75.4 Å². The van der Waals surface area contributed by atoms with Crippen molar-refractivity contribution in [2.45, 2.75) is 38.0 Å². The number of carbonyl (C=O) groups is 1. The van der Waals surface area contributed by atoms with E-state index in [-0.39, 0.29) is 11.9 Å². The molecule has 2 aromatic carbocycles. The van der Waals surface area contributed by atoms with E-state index in [0.29, 0.717) is 23.0 Å². The van der Waals surface area contributed by atoms with Crippen LogP contribution < -0.4 is 4.90 Å². The van der Waals surface area contributed by atoms with Crippen LogP contribution in [0, 0.1) is 0 Å². The Morgan fingerprint density at radius 1 is 1.09 bits per heavy atom. The van der Waals surface area contributed by atoms with Crippen LogP contribution in [-0.2, 0) is 6.42 Å². The largest absolute Gasteiger partial charge is 0.465 e. The van der Waals surface area contributed by atoms with E-state index in [9.17, 15) is 9.90 Å². The van der Waals surface area contributed by atoms with Gasteiger partial charge in [0.1, 0.15) is 0 Å². The maximum absolute atomic E-state index is 12.1. The highest BCUT2D eigenvalue weighted by molar-refractivity contribution is 6.42. The third-order valence-corrected chi connectivity index (χ3v) is 7.73. The second-order valence-electron chi connectivity index (χ2n) is 9.25. The average Bonchev–Trinajstić information content (AvgIpc) is 2.88. The number of rotatable bonds is 6. The van der Waals surface area contributed by atoms with E-state index >= 15 is 0 Å². The molecule has 1 amide bonds. The molecule has 1 aromatic heterocycles. The summed E-state index contributed by atoms with van der Waals surface area (Å²) in [6, 6.07) is 13.9. The molecule has 1 aliphatic heterocycles. The van der Waals surface area contributed by atoms with Crippen molar-refractivity contribution in [2.24, 2.45) is 0 Å². The minimum atomic E-state index is -1.03. The summed E-state index contributed by atoms with van der Waals surface area (Å²) in [6.07, 6.45) is 5.93. The minimum absolute atomic E-state index is 0.0861. The Morgan fingerprint density at radius 3 is 2.66 bits per heavy atom. The van der Waals surface area contributed by atoms with E-state index in [1.54, 1.807) is 6.20 Å². The van der Waals surface area contributed by atoms with Gasteiger partial charge in [-0.05, 0) is 74.1 Å². The Hall–Kier alpha value is -2.67. The molecule has 1 N–H and O–H groups in total. The van der Waals surface area contributed by atoms with E-state index in [0.717, 1.165) is 54.0 Å². The van der Waals surface area contributed by atoms with Gasteiger partial charge in [0.05, 0.1) is 15.7 Å². The molecule has 6 nitrogen and oxygen atoms in total. The summed E-state index contributed by atoms with van der Waals surface area (Å²) in [5.41, 5.74) is 4.99. The monoisotopic (exact) mass is 510 g/mol. The zero-order valence-electron chi connectivity index (χ0n) is 19.5. The predicted octanol–water partition coefficient (Wildman–Crippen LogP) is 6.50. The summed E-state index contributed by atoms with van der Waals surface area (Å²) in [4.78, 5) is 25.0. The Balaban J connectivity index is 1.41. The summed E-state index contributed by atoms with van der Waals surface area (Å²) in [5, 5.41) is 11.0. The quantitative estimate of drug-likeness (QED) is 0.409. The van der Waals surface area contributed by atoms with Crippen molar-refractivity contribution in [1.82, 2.24) is 14.9 Å². The van der Waals surface area contributed by atoms with Crippen molar-refractivity contribution in [2.75, 3.05) is 31.1 Å². The van der Waals surface area contributed by atoms with Gasteiger partial charge in [0.2, 0.25) is 5.95 Å². The van der Waals surface area contributed by atoms with E-state index in [2.05, 4.69) is 16.0 Å².